The van der Waals surface area contributed by atoms with Crippen molar-refractivity contribution in [2.75, 3.05) is 25.7 Å². The molecule has 2 rings (SSSR count). The second kappa shape index (κ2) is 7.95. The lowest BCUT2D eigenvalue weighted by Gasteiger charge is -2.20. The molecule has 2 unspecified atom stereocenters. The lowest BCUT2D eigenvalue weighted by Crippen LogP contribution is -2.25. The second-order valence-electron chi connectivity index (χ2n) is 6.01. The fraction of sp³-hybridized carbons (Fsp3) is 0.647. The van der Waals surface area contributed by atoms with Crippen LogP contribution < -0.4 is 10.1 Å². The Morgan fingerprint density at radius 3 is 2.71 bits per heavy atom. The summed E-state index contributed by atoms with van der Waals surface area (Å²) < 4.78 is 17.9. The van der Waals surface area contributed by atoms with Crippen molar-refractivity contribution in [2.45, 2.75) is 38.6 Å². The van der Waals surface area contributed by atoms with E-state index < -0.39 is 10.8 Å². The largest absolute Gasteiger partial charge is 0.496 e. The van der Waals surface area contributed by atoms with Gasteiger partial charge in [-0.2, -0.15) is 0 Å². The summed E-state index contributed by atoms with van der Waals surface area (Å²) in [6.45, 7) is 2.07. The first kappa shape index (κ1) is 16.5. The Kier molecular flexibility index (Phi) is 6.24. The minimum atomic E-state index is -0.775. The van der Waals surface area contributed by atoms with Crippen molar-refractivity contribution >= 4 is 10.8 Å². The number of benzene rings is 1. The average molecular weight is 309 g/mol. The lowest BCUT2D eigenvalue weighted by molar-refractivity contribution is 0.404. The van der Waals surface area contributed by atoms with Gasteiger partial charge in [0.2, 0.25) is 0 Å². The van der Waals surface area contributed by atoms with Gasteiger partial charge in [0, 0.05) is 33.9 Å². The van der Waals surface area contributed by atoms with Gasteiger partial charge in [0.1, 0.15) is 5.75 Å². The molecule has 0 saturated heterocycles. The van der Waals surface area contributed by atoms with Crippen LogP contribution in [0.3, 0.4) is 0 Å². The summed E-state index contributed by atoms with van der Waals surface area (Å²) in [6.07, 6.45) is 5.12. The predicted octanol–water partition coefficient (Wildman–Crippen LogP) is 3.20. The standard InChI is InChI=1S/C17H27NO2S/c1-13-8-9-17(20-3)15(10-13)16(18-2)12-21(19)11-14-6-4-5-7-14/h8-10,14,16,18H,4-7,11-12H2,1-3H3. The summed E-state index contributed by atoms with van der Waals surface area (Å²) in [4.78, 5) is 0. The molecule has 0 spiro atoms. The Labute approximate surface area is 130 Å². The molecule has 0 heterocycles. The van der Waals surface area contributed by atoms with E-state index in [2.05, 4.69) is 18.3 Å². The van der Waals surface area contributed by atoms with Gasteiger partial charge in [-0.05, 0) is 38.8 Å². The second-order valence-corrected chi connectivity index (χ2v) is 7.56. The highest BCUT2D eigenvalue weighted by Gasteiger charge is 2.22. The minimum Gasteiger partial charge on any atom is -0.496 e. The molecule has 0 radical (unpaired) electrons. The van der Waals surface area contributed by atoms with Gasteiger partial charge in [0.05, 0.1) is 7.11 Å². The van der Waals surface area contributed by atoms with Crippen molar-refractivity contribution < 1.29 is 8.95 Å². The van der Waals surface area contributed by atoms with Crippen LogP contribution in [-0.2, 0) is 10.8 Å². The van der Waals surface area contributed by atoms with Crippen molar-refractivity contribution in [3.63, 3.8) is 0 Å². The molecule has 0 aromatic heterocycles. The molecule has 1 fully saturated rings. The fourth-order valence-electron chi connectivity index (χ4n) is 3.15. The first-order chi connectivity index (χ1) is 10.1. The number of rotatable bonds is 7. The molecule has 1 aliphatic carbocycles. The fourth-order valence-corrected chi connectivity index (χ4v) is 4.86. The molecule has 4 heteroatoms. The van der Waals surface area contributed by atoms with Gasteiger partial charge in [0.25, 0.3) is 0 Å². The Balaban J connectivity index is 2.04. The molecular weight excluding hydrogens is 282 g/mol. The Morgan fingerprint density at radius 2 is 2.10 bits per heavy atom. The van der Waals surface area contributed by atoms with Crippen molar-refractivity contribution in [1.82, 2.24) is 5.32 Å². The van der Waals surface area contributed by atoms with E-state index in [0.29, 0.717) is 11.7 Å². The van der Waals surface area contributed by atoms with Crippen molar-refractivity contribution in [3.8, 4) is 5.75 Å². The van der Waals surface area contributed by atoms with Crippen molar-refractivity contribution in [3.05, 3.63) is 29.3 Å². The molecule has 0 aliphatic heterocycles. The van der Waals surface area contributed by atoms with Crippen LogP contribution in [-0.4, -0.2) is 29.9 Å². The van der Waals surface area contributed by atoms with E-state index in [1.807, 2.05) is 19.2 Å². The SMILES string of the molecule is CNC(CS(=O)CC1CCCC1)c1cc(C)ccc1OC. The summed E-state index contributed by atoms with van der Waals surface area (Å²) in [6, 6.07) is 6.26. The van der Waals surface area contributed by atoms with Crippen LogP contribution in [0, 0.1) is 12.8 Å². The van der Waals surface area contributed by atoms with Gasteiger partial charge in [0.15, 0.2) is 0 Å². The molecule has 1 aromatic rings. The molecule has 21 heavy (non-hydrogen) atoms. The quantitative estimate of drug-likeness (QED) is 0.840. The molecule has 1 saturated carbocycles. The average Bonchev–Trinajstić information content (AvgIpc) is 2.97. The summed E-state index contributed by atoms with van der Waals surface area (Å²) in [7, 11) is 2.85. The van der Waals surface area contributed by atoms with Crippen LogP contribution in [0.2, 0.25) is 0 Å². The molecular formula is C17H27NO2S. The van der Waals surface area contributed by atoms with Crippen LogP contribution in [0.15, 0.2) is 18.2 Å². The third-order valence-electron chi connectivity index (χ3n) is 4.36. The molecule has 3 nitrogen and oxygen atoms in total. The zero-order valence-corrected chi connectivity index (χ0v) is 14.2. The van der Waals surface area contributed by atoms with E-state index >= 15 is 0 Å². The van der Waals surface area contributed by atoms with E-state index in [4.69, 9.17) is 4.74 Å². The number of hydrogen-bond donors (Lipinski definition) is 1. The van der Waals surface area contributed by atoms with Crippen LogP contribution in [0.1, 0.15) is 42.9 Å². The zero-order chi connectivity index (χ0) is 15.2. The van der Waals surface area contributed by atoms with Gasteiger partial charge in [-0.15, -0.1) is 0 Å². The number of methoxy groups -OCH3 is 1. The van der Waals surface area contributed by atoms with Crippen molar-refractivity contribution in [1.29, 1.82) is 0 Å². The van der Waals surface area contributed by atoms with E-state index in [0.717, 1.165) is 17.1 Å². The first-order valence-electron chi connectivity index (χ1n) is 7.80. The smallest absolute Gasteiger partial charge is 0.123 e. The summed E-state index contributed by atoms with van der Waals surface area (Å²) in [5.41, 5.74) is 2.31. The summed E-state index contributed by atoms with van der Waals surface area (Å²) >= 11 is 0. The Morgan fingerprint density at radius 1 is 1.38 bits per heavy atom. The number of aryl methyl sites for hydroxylation is 1. The van der Waals surface area contributed by atoms with Crippen LogP contribution >= 0.6 is 0 Å². The molecule has 2 atom stereocenters. The van der Waals surface area contributed by atoms with E-state index in [-0.39, 0.29) is 6.04 Å². The normalized spacial score (nSPS) is 18.6. The number of ether oxygens (including phenoxy) is 1. The van der Waals surface area contributed by atoms with E-state index in [9.17, 15) is 4.21 Å². The first-order valence-corrected chi connectivity index (χ1v) is 9.29. The number of hydrogen-bond acceptors (Lipinski definition) is 3. The third-order valence-corrected chi connectivity index (χ3v) is 5.91. The highest BCUT2D eigenvalue weighted by atomic mass is 32.2. The van der Waals surface area contributed by atoms with Gasteiger partial charge in [-0.25, -0.2) is 0 Å². The lowest BCUT2D eigenvalue weighted by atomic mass is 10.0. The van der Waals surface area contributed by atoms with Crippen LogP contribution in [0.5, 0.6) is 5.75 Å². The highest BCUT2D eigenvalue weighted by Crippen LogP contribution is 2.29. The van der Waals surface area contributed by atoms with Gasteiger partial charge in [-0.3, -0.25) is 4.21 Å². The van der Waals surface area contributed by atoms with Gasteiger partial charge < -0.3 is 10.1 Å². The maximum Gasteiger partial charge on any atom is 0.123 e. The van der Waals surface area contributed by atoms with Gasteiger partial charge in [-0.1, -0.05) is 30.5 Å². The molecule has 118 valence electrons. The van der Waals surface area contributed by atoms with E-state index in [1.165, 1.54) is 31.2 Å². The monoisotopic (exact) mass is 309 g/mol. The summed E-state index contributed by atoms with van der Waals surface area (Å²) in [5.74, 6) is 3.06. The predicted molar refractivity (Wildman–Crippen MR) is 89.4 cm³/mol. The molecule has 1 aromatic carbocycles. The number of nitrogens with one attached hydrogen (secondary N) is 1. The topological polar surface area (TPSA) is 38.3 Å². The third kappa shape index (κ3) is 4.55. The zero-order valence-electron chi connectivity index (χ0n) is 13.4. The molecule has 1 N–H and O–H groups in total. The van der Waals surface area contributed by atoms with Crippen molar-refractivity contribution in [2.24, 2.45) is 5.92 Å². The Bertz CT molecular complexity index is 484. The summed E-state index contributed by atoms with van der Waals surface area (Å²) in [5, 5.41) is 3.30. The van der Waals surface area contributed by atoms with E-state index in [1.54, 1.807) is 7.11 Å². The minimum absolute atomic E-state index is 0.0853. The van der Waals surface area contributed by atoms with Gasteiger partial charge >= 0.3 is 0 Å². The highest BCUT2D eigenvalue weighted by molar-refractivity contribution is 7.85. The van der Waals surface area contributed by atoms with Crippen LogP contribution in [0.4, 0.5) is 0 Å². The van der Waals surface area contributed by atoms with Crippen LogP contribution in [0.25, 0.3) is 0 Å². The Hall–Kier alpha value is -0.870. The molecule has 0 amide bonds. The maximum atomic E-state index is 12.5. The molecule has 1 aliphatic rings. The maximum absolute atomic E-state index is 12.5. The molecule has 0 bridgehead atoms.